The van der Waals surface area contributed by atoms with Gasteiger partial charge in [0, 0.05) is 0 Å². The van der Waals surface area contributed by atoms with Gasteiger partial charge in [-0.1, -0.05) is 12.1 Å². The van der Waals surface area contributed by atoms with Crippen molar-refractivity contribution in [3.63, 3.8) is 0 Å². The first kappa shape index (κ1) is 16.1. The Kier molecular flexibility index (Phi) is 4.52. The van der Waals surface area contributed by atoms with E-state index >= 15 is 0 Å². The highest BCUT2D eigenvalue weighted by Crippen LogP contribution is 2.33. The summed E-state index contributed by atoms with van der Waals surface area (Å²) in [5.41, 5.74) is 6.00. The molecule has 126 valence electrons. The summed E-state index contributed by atoms with van der Waals surface area (Å²) in [6.45, 7) is 0.810. The Hall–Kier alpha value is -2.80. The maximum absolute atomic E-state index is 12.7. The zero-order valence-corrected chi connectivity index (χ0v) is 13.3. The predicted molar refractivity (Wildman–Crippen MR) is 87.4 cm³/mol. The van der Waals surface area contributed by atoms with E-state index < -0.39 is 12.0 Å². The summed E-state index contributed by atoms with van der Waals surface area (Å²) < 4.78 is 10.9. The summed E-state index contributed by atoms with van der Waals surface area (Å²) >= 11 is 0. The number of carbonyl (C=O) groups is 2. The quantitative estimate of drug-likeness (QED) is 0.884. The summed E-state index contributed by atoms with van der Waals surface area (Å²) in [6.07, 6.45) is 0.750. The van der Waals surface area contributed by atoms with Crippen LogP contribution in [0, 0.1) is 0 Å². The minimum absolute atomic E-state index is 0.111. The molecule has 0 saturated heterocycles. The third-order valence-electron chi connectivity index (χ3n) is 3.80. The van der Waals surface area contributed by atoms with Crippen LogP contribution < -0.4 is 15.4 Å². The molecule has 0 spiro atoms. The van der Waals surface area contributed by atoms with Gasteiger partial charge < -0.3 is 19.8 Å². The molecular formula is C17H19N3O4. The first-order valence-electron chi connectivity index (χ1n) is 7.61. The predicted octanol–water partition coefficient (Wildman–Crippen LogP) is 0.991. The smallest absolute Gasteiger partial charge is 0.260 e. The van der Waals surface area contributed by atoms with Gasteiger partial charge in [-0.05, 0) is 31.3 Å². The van der Waals surface area contributed by atoms with E-state index in [1.807, 2.05) is 24.1 Å². The zero-order chi connectivity index (χ0) is 17.1. The number of nitrogens with zero attached hydrogens (tertiary/aromatic N) is 2. The molecular weight excluding hydrogens is 310 g/mol. The van der Waals surface area contributed by atoms with Gasteiger partial charge in [0.25, 0.3) is 5.91 Å². The van der Waals surface area contributed by atoms with E-state index in [0.29, 0.717) is 18.0 Å². The van der Waals surface area contributed by atoms with Crippen molar-refractivity contribution in [3.8, 4) is 5.75 Å². The molecule has 2 aromatic rings. The molecule has 0 saturated carbocycles. The van der Waals surface area contributed by atoms with Crippen LogP contribution in [-0.2, 0) is 16.1 Å². The fourth-order valence-corrected chi connectivity index (χ4v) is 2.66. The maximum atomic E-state index is 12.7. The number of para-hydroxylation sites is 2. The molecule has 0 aliphatic carbocycles. The third kappa shape index (κ3) is 3.41. The Labute approximate surface area is 139 Å². The number of hydrogen-bond acceptors (Lipinski definition) is 5. The topological polar surface area (TPSA) is 89.0 Å². The molecule has 0 bridgehead atoms. The molecule has 3 rings (SSSR count). The average Bonchev–Trinajstić information content (AvgIpc) is 3.06. The Balaban J connectivity index is 1.74. The van der Waals surface area contributed by atoms with Crippen LogP contribution in [0.25, 0.3) is 0 Å². The number of fused-ring (bicyclic) bond motifs is 1. The Morgan fingerprint density at radius 1 is 1.29 bits per heavy atom. The minimum Gasteiger partial charge on any atom is -0.477 e. The van der Waals surface area contributed by atoms with Gasteiger partial charge in [-0.15, -0.1) is 0 Å². The molecule has 0 fully saturated rings. The molecule has 7 nitrogen and oxygen atoms in total. The van der Waals surface area contributed by atoms with Crippen LogP contribution in [0.3, 0.4) is 0 Å². The number of likely N-dealkylation sites (N-methyl/N-ethyl adjacent to an activating group) is 1. The standard InChI is InChI=1S/C17H19N3O4/c1-19(9-12-5-4-8-23-12)11-16(21)20-10-15(17(18)22)24-14-7-3-2-6-13(14)20/h2-8,15H,9-11H2,1H3,(H2,18,22)/t15-/m0/s1. The van der Waals surface area contributed by atoms with Gasteiger partial charge in [-0.3, -0.25) is 14.5 Å². The number of anilines is 1. The van der Waals surface area contributed by atoms with E-state index in [-0.39, 0.29) is 19.0 Å². The summed E-state index contributed by atoms with van der Waals surface area (Å²) in [5.74, 6) is 0.537. The van der Waals surface area contributed by atoms with Crippen molar-refractivity contribution in [2.75, 3.05) is 25.0 Å². The molecule has 2 amide bonds. The molecule has 1 aromatic carbocycles. The van der Waals surface area contributed by atoms with Crippen LogP contribution in [0.1, 0.15) is 5.76 Å². The normalized spacial score (nSPS) is 16.6. The molecule has 0 unspecified atom stereocenters. The van der Waals surface area contributed by atoms with Gasteiger partial charge in [0.15, 0.2) is 6.10 Å². The van der Waals surface area contributed by atoms with Crippen molar-refractivity contribution in [2.45, 2.75) is 12.6 Å². The number of ether oxygens (including phenoxy) is 1. The number of rotatable bonds is 5. The molecule has 1 aromatic heterocycles. The van der Waals surface area contributed by atoms with Crippen LogP contribution in [0.5, 0.6) is 5.75 Å². The Morgan fingerprint density at radius 2 is 2.08 bits per heavy atom. The van der Waals surface area contributed by atoms with Crippen molar-refractivity contribution in [1.82, 2.24) is 4.90 Å². The van der Waals surface area contributed by atoms with Crippen molar-refractivity contribution in [2.24, 2.45) is 5.73 Å². The molecule has 1 atom stereocenters. The van der Waals surface area contributed by atoms with E-state index in [1.54, 1.807) is 35.4 Å². The van der Waals surface area contributed by atoms with Crippen LogP contribution in [0.2, 0.25) is 0 Å². The second-order valence-corrected chi connectivity index (χ2v) is 5.73. The number of nitrogens with two attached hydrogens (primary N) is 1. The monoisotopic (exact) mass is 329 g/mol. The van der Waals surface area contributed by atoms with E-state index in [0.717, 1.165) is 5.76 Å². The number of hydrogen-bond donors (Lipinski definition) is 1. The molecule has 7 heteroatoms. The molecule has 2 heterocycles. The zero-order valence-electron chi connectivity index (χ0n) is 13.3. The van der Waals surface area contributed by atoms with Gasteiger partial charge in [0.05, 0.1) is 31.6 Å². The fourth-order valence-electron chi connectivity index (χ4n) is 2.66. The van der Waals surface area contributed by atoms with Crippen molar-refractivity contribution >= 4 is 17.5 Å². The van der Waals surface area contributed by atoms with E-state index in [9.17, 15) is 9.59 Å². The van der Waals surface area contributed by atoms with Crippen molar-refractivity contribution in [3.05, 3.63) is 48.4 Å². The Bertz CT molecular complexity index is 729. The molecule has 1 aliphatic rings. The van der Waals surface area contributed by atoms with Crippen LogP contribution in [-0.4, -0.2) is 43.0 Å². The lowest BCUT2D eigenvalue weighted by molar-refractivity contribution is -0.125. The van der Waals surface area contributed by atoms with E-state index in [1.165, 1.54) is 0 Å². The lowest BCUT2D eigenvalue weighted by atomic mass is 10.1. The minimum atomic E-state index is -0.848. The van der Waals surface area contributed by atoms with Gasteiger partial charge in [0.1, 0.15) is 11.5 Å². The molecule has 24 heavy (non-hydrogen) atoms. The third-order valence-corrected chi connectivity index (χ3v) is 3.80. The number of furan rings is 1. The van der Waals surface area contributed by atoms with Gasteiger partial charge in [0.2, 0.25) is 5.91 Å². The lowest BCUT2D eigenvalue weighted by Gasteiger charge is -2.34. The Morgan fingerprint density at radius 3 is 2.79 bits per heavy atom. The second-order valence-electron chi connectivity index (χ2n) is 5.73. The summed E-state index contributed by atoms with van der Waals surface area (Å²) in [6, 6.07) is 10.8. The largest absolute Gasteiger partial charge is 0.477 e. The molecule has 2 N–H and O–H groups in total. The number of benzene rings is 1. The van der Waals surface area contributed by atoms with Crippen LogP contribution in [0.4, 0.5) is 5.69 Å². The van der Waals surface area contributed by atoms with E-state index in [2.05, 4.69) is 0 Å². The van der Waals surface area contributed by atoms with Crippen LogP contribution in [0.15, 0.2) is 47.1 Å². The van der Waals surface area contributed by atoms with Crippen LogP contribution >= 0.6 is 0 Å². The highest BCUT2D eigenvalue weighted by molar-refractivity contribution is 5.98. The van der Waals surface area contributed by atoms with E-state index in [4.69, 9.17) is 14.9 Å². The van der Waals surface area contributed by atoms with Gasteiger partial charge in [-0.25, -0.2) is 0 Å². The van der Waals surface area contributed by atoms with Gasteiger partial charge in [-0.2, -0.15) is 0 Å². The summed E-state index contributed by atoms with van der Waals surface area (Å²) in [7, 11) is 1.83. The fraction of sp³-hybridized carbons (Fsp3) is 0.294. The van der Waals surface area contributed by atoms with Crippen molar-refractivity contribution < 1.29 is 18.7 Å². The first-order chi connectivity index (χ1) is 11.5. The summed E-state index contributed by atoms with van der Waals surface area (Å²) in [5, 5.41) is 0. The van der Waals surface area contributed by atoms with Crippen molar-refractivity contribution in [1.29, 1.82) is 0 Å². The highest BCUT2D eigenvalue weighted by atomic mass is 16.5. The first-order valence-corrected chi connectivity index (χ1v) is 7.61. The SMILES string of the molecule is CN(CC(=O)N1C[C@@H](C(N)=O)Oc2ccccc21)Cc1ccco1. The summed E-state index contributed by atoms with van der Waals surface area (Å²) in [4.78, 5) is 27.6. The van der Waals surface area contributed by atoms with Gasteiger partial charge >= 0.3 is 0 Å². The highest BCUT2D eigenvalue weighted by Gasteiger charge is 2.32. The lowest BCUT2D eigenvalue weighted by Crippen LogP contribution is -2.51. The number of amides is 2. The molecule has 0 radical (unpaired) electrons. The average molecular weight is 329 g/mol. The number of carbonyl (C=O) groups excluding carboxylic acids is 2. The number of primary amides is 1. The molecule has 1 aliphatic heterocycles. The second kappa shape index (κ2) is 6.76. The maximum Gasteiger partial charge on any atom is 0.260 e.